The van der Waals surface area contributed by atoms with Crippen LogP contribution in [0.25, 0.3) is 0 Å². The van der Waals surface area contributed by atoms with Gasteiger partial charge in [0.15, 0.2) is 0 Å². The average Bonchev–Trinajstić information content (AvgIpc) is 2.41. The molecule has 1 fully saturated rings. The molecule has 0 aliphatic carbocycles. The van der Waals surface area contributed by atoms with E-state index in [1.165, 1.54) is 18.1 Å². The van der Waals surface area contributed by atoms with Crippen molar-refractivity contribution < 1.29 is 19.1 Å². The molecule has 0 unspecified atom stereocenters. The summed E-state index contributed by atoms with van der Waals surface area (Å²) in [6.45, 7) is 0.780. The second kappa shape index (κ2) is 4.87. The van der Waals surface area contributed by atoms with Crippen LogP contribution in [0.1, 0.15) is 10.4 Å². The molecular weight excluding hydrogens is 236 g/mol. The van der Waals surface area contributed by atoms with Crippen molar-refractivity contribution >= 4 is 23.5 Å². The molecule has 18 heavy (non-hydrogen) atoms. The fourth-order valence-electron chi connectivity index (χ4n) is 1.75. The molecule has 0 spiro atoms. The van der Waals surface area contributed by atoms with Gasteiger partial charge in [0, 0.05) is 18.8 Å². The minimum absolute atomic E-state index is 0.341. The van der Waals surface area contributed by atoms with Crippen LogP contribution in [0, 0.1) is 0 Å². The van der Waals surface area contributed by atoms with Gasteiger partial charge in [0.1, 0.15) is 0 Å². The number of benzene rings is 1. The third-order valence-corrected chi connectivity index (χ3v) is 2.64. The molecule has 1 heterocycles. The Bertz CT molecular complexity index is 513. The Kier molecular flexibility index (Phi) is 3.27. The van der Waals surface area contributed by atoms with Crippen molar-refractivity contribution in [1.29, 1.82) is 0 Å². The lowest BCUT2D eigenvalue weighted by atomic mass is 10.1. The number of piperazine rings is 1. The van der Waals surface area contributed by atoms with E-state index in [0.29, 0.717) is 24.3 Å². The van der Waals surface area contributed by atoms with Gasteiger partial charge in [0.2, 0.25) is 0 Å². The first-order valence-electron chi connectivity index (χ1n) is 5.41. The zero-order valence-electron chi connectivity index (χ0n) is 9.80. The lowest BCUT2D eigenvalue weighted by molar-refractivity contribution is -0.138. The number of carbonyl (C=O) groups is 3. The molecule has 1 aromatic rings. The van der Waals surface area contributed by atoms with E-state index in [1.54, 1.807) is 18.2 Å². The van der Waals surface area contributed by atoms with Crippen LogP contribution in [-0.4, -0.2) is 38.0 Å². The smallest absolute Gasteiger partial charge is 0.337 e. The number of rotatable bonds is 2. The number of methoxy groups -OCH3 is 1. The van der Waals surface area contributed by atoms with Crippen molar-refractivity contribution in [3.05, 3.63) is 29.8 Å². The van der Waals surface area contributed by atoms with E-state index >= 15 is 0 Å². The number of hydrogen-bond donors (Lipinski definition) is 1. The zero-order valence-corrected chi connectivity index (χ0v) is 9.80. The van der Waals surface area contributed by atoms with Crippen LogP contribution in [0.15, 0.2) is 24.3 Å². The summed E-state index contributed by atoms with van der Waals surface area (Å²) in [4.78, 5) is 35.7. The number of hydrogen-bond acceptors (Lipinski definition) is 4. The zero-order chi connectivity index (χ0) is 13.1. The summed E-state index contributed by atoms with van der Waals surface area (Å²) < 4.78 is 4.60. The van der Waals surface area contributed by atoms with Gasteiger partial charge in [-0.05, 0) is 18.2 Å². The summed E-state index contributed by atoms with van der Waals surface area (Å²) in [5.74, 6) is -1.74. The normalized spacial score (nSPS) is 15.3. The Hall–Kier alpha value is -2.37. The SMILES string of the molecule is COC(=O)c1cccc(N2CCNC(=O)C2=O)c1. The minimum Gasteiger partial charge on any atom is -0.465 e. The number of esters is 1. The van der Waals surface area contributed by atoms with Crippen molar-refractivity contribution in [1.82, 2.24) is 5.32 Å². The molecule has 94 valence electrons. The molecule has 2 rings (SSSR count). The standard InChI is InChI=1S/C12H12N2O4/c1-18-12(17)8-3-2-4-9(7-8)14-6-5-13-10(15)11(14)16/h2-4,7H,5-6H2,1H3,(H,13,15). The van der Waals surface area contributed by atoms with E-state index in [2.05, 4.69) is 10.1 Å². The van der Waals surface area contributed by atoms with Gasteiger partial charge < -0.3 is 15.0 Å². The van der Waals surface area contributed by atoms with Crippen molar-refractivity contribution in [3.8, 4) is 0 Å². The quantitative estimate of drug-likeness (QED) is 0.587. The fraction of sp³-hybridized carbons (Fsp3) is 0.250. The molecule has 1 saturated heterocycles. The van der Waals surface area contributed by atoms with E-state index in [1.807, 2.05) is 0 Å². The van der Waals surface area contributed by atoms with Crippen LogP contribution in [0.4, 0.5) is 5.69 Å². The lowest BCUT2D eigenvalue weighted by Crippen LogP contribution is -2.52. The van der Waals surface area contributed by atoms with Crippen LogP contribution >= 0.6 is 0 Å². The maximum absolute atomic E-state index is 11.7. The molecular formula is C12H12N2O4. The van der Waals surface area contributed by atoms with E-state index in [0.717, 1.165) is 0 Å². The highest BCUT2D eigenvalue weighted by Gasteiger charge is 2.27. The summed E-state index contributed by atoms with van der Waals surface area (Å²) in [6.07, 6.45) is 0. The highest BCUT2D eigenvalue weighted by molar-refractivity contribution is 6.41. The second-order valence-electron chi connectivity index (χ2n) is 3.75. The van der Waals surface area contributed by atoms with Gasteiger partial charge in [-0.1, -0.05) is 6.07 Å². The fourth-order valence-corrected chi connectivity index (χ4v) is 1.75. The van der Waals surface area contributed by atoms with Gasteiger partial charge in [-0.15, -0.1) is 0 Å². The van der Waals surface area contributed by atoms with Crippen molar-refractivity contribution in [2.24, 2.45) is 0 Å². The topological polar surface area (TPSA) is 75.7 Å². The molecule has 0 saturated carbocycles. The Labute approximate surface area is 104 Å². The van der Waals surface area contributed by atoms with Gasteiger partial charge in [0.25, 0.3) is 0 Å². The van der Waals surface area contributed by atoms with Crippen LogP contribution in [-0.2, 0) is 14.3 Å². The molecule has 1 aliphatic rings. The minimum atomic E-state index is -0.635. The van der Waals surface area contributed by atoms with Crippen molar-refractivity contribution in [2.75, 3.05) is 25.1 Å². The summed E-state index contributed by atoms with van der Waals surface area (Å²) in [5.41, 5.74) is 0.853. The van der Waals surface area contributed by atoms with Gasteiger partial charge in [-0.25, -0.2) is 4.79 Å². The average molecular weight is 248 g/mol. The van der Waals surface area contributed by atoms with E-state index < -0.39 is 17.8 Å². The molecule has 2 amide bonds. The second-order valence-corrected chi connectivity index (χ2v) is 3.75. The Morgan fingerprint density at radius 3 is 2.89 bits per heavy atom. The summed E-state index contributed by atoms with van der Waals surface area (Å²) >= 11 is 0. The van der Waals surface area contributed by atoms with Crippen LogP contribution in [0.3, 0.4) is 0 Å². The summed E-state index contributed by atoms with van der Waals surface area (Å²) in [5, 5.41) is 2.46. The largest absolute Gasteiger partial charge is 0.465 e. The molecule has 6 heteroatoms. The molecule has 0 aromatic heterocycles. The first-order valence-corrected chi connectivity index (χ1v) is 5.41. The first-order chi connectivity index (χ1) is 8.63. The maximum Gasteiger partial charge on any atom is 0.337 e. The van der Waals surface area contributed by atoms with E-state index in [4.69, 9.17) is 0 Å². The molecule has 0 bridgehead atoms. The predicted molar refractivity (Wildman–Crippen MR) is 63.1 cm³/mol. The van der Waals surface area contributed by atoms with Gasteiger partial charge in [-0.3, -0.25) is 9.59 Å². The van der Waals surface area contributed by atoms with Gasteiger partial charge in [-0.2, -0.15) is 0 Å². The predicted octanol–water partition coefficient (Wildman–Crippen LogP) is -0.0640. The number of anilines is 1. The molecule has 6 nitrogen and oxygen atoms in total. The third kappa shape index (κ3) is 2.17. The van der Waals surface area contributed by atoms with Crippen LogP contribution < -0.4 is 10.2 Å². The van der Waals surface area contributed by atoms with Crippen molar-refractivity contribution in [2.45, 2.75) is 0 Å². The Balaban J connectivity index is 2.30. The van der Waals surface area contributed by atoms with Crippen molar-refractivity contribution in [3.63, 3.8) is 0 Å². The summed E-state index contributed by atoms with van der Waals surface area (Å²) in [6, 6.07) is 6.43. The summed E-state index contributed by atoms with van der Waals surface area (Å²) in [7, 11) is 1.29. The highest BCUT2D eigenvalue weighted by Crippen LogP contribution is 2.18. The third-order valence-electron chi connectivity index (χ3n) is 2.64. The van der Waals surface area contributed by atoms with E-state index in [9.17, 15) is 14.4 Å². The number of nitrogens with zero attached hydrogens (tertiary/aromatic N) is 1. The van der Waals surface area contributed by atoms with E-state index in [-0.39, 0.29) is 0 Å². The van der Waals surface area contributed by atoms with Gasteiger partial charge in [0.05, 0.1) is 12.7 Å². The lowest BCUT2D eigenvalue weighted by Gasteiger charge is -2.26. The van der Waals surface area contributed by atoms with Crippen LogP contribution in [0.2, 0.25) is 0 Å². The maximum atomic E-state index is 11.7. The van der Waals surface area contributed by atoms with Gasteiger partial charge >= 0.3 is 17.8 Å². The Morgan fingerprint density at radius 1 is 1.39 bits per heavy atom. The monoisotopic (exact) mass is 248 g/mol. The molecule has 0 atom stereocenters. The first kappa shape index (κ1) is 12.1. The number of nitrogens with one attached hydrogen (secondary N) is 1. The number of amides is 2. The molecule has 1 N–H and O–H groups in total. The highest BCUT2D eigenvalue weighted by atomic mass is 16.5. The molecule has 1 aromatic carbocycles. The number of carbonyl (C=O) groups excluding carboxylic acids is 3. The number of ether oxygens (including phenoxy) is 1. The molecule has 0 radical (unpaired) electrons. The molecule has 1 aliphatic heterocycles. The Morgan fingerprint density at radius 2 is 2.17 bits per heavy atom. The van der Waals surface area contributed by atoms with Crippen LogP contribution in [0.5, 0.6) is 0 Å².